The zero-order valence-electron chi connectivity index (χ0n) is 12.2. The van der Waals surface area contributed by atoms with Crippen LogP contribution in [-0.4, -0.2) is 33.3 Å². The van der Waals surface area contributed by atoms with Crippen molar-refractivity contribution in [1.29, 1.82) is 5.26 Å². The van der Waals surface area contributed by atoms with E-state index in [1.807, 2.05) is 0 Å². The standard InChI is InChI=1S/C15H21N5O/c1-9-2-3-12(6-13(9)21)18-14-10(7-16)8-17-15(20-14)19-11-4-5-11/h8-9,11-13,21H,2-6H2,1H3,(H2,17,18,19,20)/t9-,12-,13-/m1/s1. The number of aliphatic hydroxyl groups excluding tert-OH is 1. The van der Waals surface area contributed by atoms with E-state index in [-0.39, 0.29) is 12.1 Å². The summed E-state index contributed by atoms with van der Waals surface area (Å²) in [7, 11) is 0. The summed E-state index contributed by atoms with van der Waals surface area (Å²) >= 11 is 0. The van der Waals surface area contributed by atoms with Gasteiger partial charge in [-0.25, -0.2) is 4.98 Å². The SMILES string of the molecule is C[C@@H]1CC[C@@H](Nc2nc(NC3CC3)ncc2C#N)C[C@H]1O. The summed E-state index contributed by atoms with van der Waals surface area (Å²) in [6, 6.07) is 2.76. The smallest absolute Gasteiger partial charge is 0.224 e. The second-order valence-corrected chi connectivity index (χ2v) is 6.19. The summed E-state index contributed by atoms with van der Waals surface area (Å²) in [6.07, 6.45) is 6.24. The number of nitrogens with zero attached hydrogens (tertiary/aromatic N) is 3. The summed E-state index contributed by atoms with van der Waals surface area (Å²) < 4.78 is 0. The minimum absolute atomic E-state index is 0.159. The van der Waals surface area contributed by atoms with Gasteiger partial charge in [-0.1, -0.05) is 6.92 Å². The van der Waals surface area contributed by atoms with E-state index in [1.165, 1.54) is 0 Å². The maximum Gasteiger partial charge on any atom is 0.224 e. The van der Waals surface area contributed by atoms with Gasteiger partial charge in [0.25, 0.3) is 0 Å². The minimum atomic E-state index is -0.285. The molecule has 6 nitrogen and oxygen atoms in total. The maximum absolute atomic E-state index is 9.98. The van der Waals surface area contributed by atoms with Crippen molar-refractivity contribution >= 4 is 11.8 Å². The molecule has 2 fully saturated rings. The first-order chi connectivity index (χ1) is 10.2. The highest BCUT2D eigenvalue weighted by Gasteiger charge is 2.27. The molecule has 0 unspecified atom stereocenters. The van der Waals surface area contributed by atoms with Crippen LogP contribution in [0.4, 0.5) is 11.8 Å². The third-order valence-electron chi connectivity index (χ3n) is 4.31. The lowest BCUT2D eigenvalue weighted by Crippen LogP contribution is -2.35. The van der Waals surface area contributed by atoms with Crippen LogP contribution in [0.1, 0.15) is 44.6 Å². The third-order valence-corrected chi connectivity index (χ3v) is 4.31. The van der Waals surface area contributed by atoms with E-state index < -0.39 is 0 Å². The van der Waals surface area contributed by atoms with E-state index in [9.17, 15) is 10.4 Å². The van der Waals surface area contributed by atoms with Gasteiger partial charge in [0.05, 0.1) is 12.3 Å². The first kappa shape index (κ1) is 14.1. The molecule has 0 spiro atoms. The van der Waals surface area contributed by atoms with Gasteiger partial charge in [-0.2, -0.15) is 10.2 Å². The molecule has 2 aliphatic rings. The van der Waals surface area contributed by atoms with Crippen LogP contribution in [0.3, 0.4) is 0 Å². The molecule has 2 saturated carbocycles. The van der Waals surface area contributed by atoms with Crippen LogP contribution >= 0.6 is 0 Å². The van der Waals surface area contributed by atoms with Crippen molar-refractivity contribution in [3.8, 4) is 6.07 Å². The molecule has 112 valence electrons. The molecule has 0 bridgehead atoms. The molecule has 6 heteroatoms. The molecule has 3 atom stereocenters. The average molecular weight is 287 g/mol. The summed E-state index contributed by atoms with van der Waals surface area (Å²) in [5.41, 5.74) is 0.449. The van der Waals surface area contributed by atoms with Gasteiger partial charge < -0.3 is 15.7 Å². The monoisotopic (exact) mass is 287 g/mol. The zero-order valence-corrected chi connectivity index (χ0v) is 12.2. The summed E-state index contributed by atoms with van der Waals surface area (Å²) in [5, 5.41) is 25.7. The second-order valence-electron chi connectivity index (χ2n) is 6.19. The fourth-order valence-corrected chi connectivity index (χ4v) is 2.68. The Morgan fingerprint density at radius 3 is 2.67 bits per heavy atom. The molecule has 3 rings (SSSR count). The molecule has 0 saturated heterocycles. The molecule has 3 N–H and O–H groups in total. The van der Waals surface area contributed by atoms with Gasteiger partial charge >= 0.3 is 0 Å². The summed E-state index contributed by atoms with van der Waals surface area (Å²) in [6.45, 7) is 2.07. The number of nitrogens with one attached hydrogen (secondary N) is 2. The molecule has 0 aliphatic heterocycles. The maximum atomic E-state index is 9.98. The number of hydrogen-bond donors (Lipinski definition) is 3. The first-order valence-corrected chi connectivity index (χ1v) is 7.64. The van der Waals surface area contributed by atoms with E-state index in [4.69, 9.17) is 0 Å². The van der Waals surface area contributed by atoms with Gasteiger partial charge in [0, 0.05) is 12.1 Å². The van der Waals surface area contributed by atoms with Gasteiger partial charge in [0.1, 0.15) is 17.5 Å². The van der Waals surface area contributed by atoms with E-state index in [0.29, 0.717) is 35.7 Å². The van der Waals surface area contributed by atoms with Crippen molar-refractivity contribution in [2.24, 2.45) is 5.92 Å². The van der Waals surface area contributed by atoms with Crippen LogP contribution in [0, 0.1) is 17.2 Å². The van der Waals surface area contributed by atoms with Crippen molar-refractivity contribution < 1.29 is 5.11 Å². The molecule has 1 heterocycles. The zero-order chi connectivity index (χ0) is 14.8. The average Bonchev–Trinajstić information content (AvgIpc) is 3.27. The number of aliphatic hydroxyl groups is 1. The van der Waals surface area contributed by atoms with Crippen molar-refractivity contribution in [3.05, 3.63) is 11.8 Å². The molecule has 0 aromatic carbocycles. The Hall–Kier alpha value is -1.87. The van der Waals surface area contributed by atoms with Crippen LogP contribution < -0.4 is 10.6 Å². The first-order valence-electron chi connectivity index (χ1n) is 7.64. The summed E-state index contributed by atoms with van der Waals surface area (Å²) in [4.78, 5) is 8.60. The Balaban J connectivity index is 1.72. The van der Waals surface area contributed by atoms with Crippen LogP contribution in [0.2, 0.25) is 0 Å². The normalized spacial score (nSPS) is 28.7. The van der Waals surface area contributed by atoms with Crippen LogP contribution in [0.25, 0.3) is 0 Å². The topological polar surface area (TPSA) is 93.9 Å². The van der Waals surface area contributed by atoms with E-state index in [1.54, 1.807) is 6.20 Å². The van der Waals surface area contributed by atoms with Crippen LogP contribution in [0.5, 0.6) is 0 Å². The predicted octanol–water partition coefficient (Wildman–Crippen LogP) is 1.88. The Bertz CT molecular complexity index is 551. The Morgan fingerprint density at radius 1 is 1.24 bits per heavy atom. The van der Waals surface area contributed by atoms with Crippen molar-refractivity contribution in [1.82, 2.24) is 9.97 Å². The van der Waals surface area contributed by atoms with Gasteiger partial charge in [-0.3, -0.25) is 0 Å². The quantitative estimate of drug-likeness (QED) is 0.783. The number of hydrogen-bond acceptors (Lipinski definition) is 6. The Morgan fingerprint density at radius 2 is 2.00 bits per heavy atom. The van der Waals surface area contributed by atoms with Gasteiger partial charge in [0.2, 0.25) is 5.95 Å². The van der Waals surface area contributed by atoms with E-state index in [2.05, 4.69) is 33.6 Å². The second kappa shape index (κ2) is 5.86. The predicted molar refractivity (Wildman–Crippen MR) is 79.8 cm³/mol. The summed E-state index contributed by atoms with van der Waals surface area (Å²) in [5.74, 6) is 1.49. The van der Waals surface area contributed by atoms with Crippen molar-refractivity contribution in [3.63, 3.8) is 0 Å². The van der Waals surface area contributed by atoms with Gasteiger partial charge in [0.15, 0.2) is 0 Å². The molecule has 0 radical (unpaired) electrons. The number of nitriles is 1. The highest BCUT2D eigenvalue weighted by atomic mass is 16.3. The molecule has 2 aliphatic carbocycles. The lowest BCUT2D eigenvalue weighted by molar-refractivity contribution is 0.0739. The van der Waals surface area contributed by atoms with E-state index in [0.717, 1.165) is 25.7 Å². The lowest BCUT2D eigenvalue weighted by Gasteiger charge is -2.31. The van der Waals surface area contributed by atoms with Crippen LogP contribution in [0.15, 0.2) is 6.20 Å². The van der Waals surface area contributed by atoms with Crippen LogP contribution in [-0.2, 0) is 0 Å². The van der Waals surface area contributed by atoms with Gasteiger partial charge in [-0.05, 0) is 38.0 Å². The molecular formula is C15H21N5O. The Labute approximate surface area is 124 Å². The third kappa shape index (κ3) is 3.42. The fraction of sp³-hybridized carbons (Fsp3) is 0.667. The molecule has 1 aromatic rings. The largest absolute Gasteiger partial charge is 0.393 e. The van der Waals surface area contributed by atoms with Crippen molar-refractivity contribution in [2.75, 3.05) is 10.6 Å². The van der Waals surface area contributed by atoms with Gasteiger partial charge in [-0.15, -0.1) is 0 Å². The fourth-order valence-electron chi connectivity index (χ4n) is 2.68. The molecule has 0 amide bonds. The highest BCUT2D eigenvalue weighted by molar-refractivity contribution is 5.54. The van der Waals surface area contributed by atoms with Crippen molar-refractivity contribution in [2.45, 2.75) is 57.2 Å². The molecule has 1 aromatic heterocycles. The number of anilines is 2. The number of aromatic nitrogens is 2. The lowest BCUT2D eigenvalue weighted by atomic mass is 9.85. The highest BCUT2D eigenvalue weighted by Crippen LogP contribution is 2.28. The molecular weight excluding hydrogens is 266 g/mol. The Kier molecular flexibility index (Phi) is 3.93. The molecule has 21 heavy (non-hydrogen) atoms. The van der Waals surface area contributed by atoms with E-state index >= 15 is 0 Å². The number of rotatable bonds is 4. The minimum Gasteiger partial charge on any atom is -0.393 e.